The molecule has 1 N–H and O–H groups in total. The number of fused-ring (bicyclic) bond motifs is 1. The van der Waals surface area contributed by atoms with Crippen LogP contribution in [0.1, 0.15) is 26.2 Å². The summed E-state index contributed by atoms with van der Waals surface area (Å²) in [7, 11) is 0. The van der Waals surface area contributed by atoms with Crippen LogP contribution in [-0.4, -0.2) is 49.2 Å². The van der Waals surface area contributed by atoms with Crippen LogP contribution in [0.5, 0.6) is 0 Å². The van der Waals surface area contributed by atoms with E-state index in [1.165, 1.54) is 12.6 Å². The molecule has 0 radical (unpaired) electrons. The van der Waals surface area contributed by atoms with Gasteiger partial charge in [0.2, 0.25) is 0 Å². The first-order valence-electron chi connectivity index (χ1n) is 7.14. The average molecular weight is 280 g/mol. The Labute approximate surface area is 117 Å². The lowest BCUT2D eigenvalue weighted by molar-refractivity contribution is -0.396. The molecule has 0 aromatic carbocycles. The third kappa shape index (κ3) is 1.84. The van der Waals surface area contributed by atoms with E-state index in [9.17, 15) is 15.2 Å². The van der Waals surface area contributed by atoms with Gasteiger partial charge in [-0.2, -0.15) is 0 Å². The number of hydrogen-bond donors (Lipinski definition) is 1. The SMILES string of the molecule is CC1CCCC2N(CCO)C12Cn1ccnc1[N+](=O)[O-]. The standard InChI is InChI=1S/C13H20N4O3/c1-10-3-2-4-11-13(10,16(11)7-8-18)9-15-6-5-14-12(15)17(19)20/h5-6,10-11,18H,2-4,7-9H2,1H3. The van der Waals surface area contributed by atoms with Gasteiger partial charge in [0, 0.05) is 12.6 Å². The van der Waals surface area contributed by atoms with Gasteiger partial charge >= 0.3 is 5.95 Å². The Morgan fingerprint density at radius 3 is 3.10 bits per heavy atom. The van der Waals surface area contributed by atoms with E-state index >= 15 is 0 Å². The highest BCUT2D eigenvalue weighted by molar-refractivity contribution is 5.22. The van der Waals surface area contributed by atoms with Gasteiger partial charge in [0.15, 0.2) is 0 Å². The predicted molar refractivity (Wildman–Crippen MR) is 72.2 cm³/mol. The Morgan fingerprint density at radius 2 is 2.40 bits per heavy atom. The van der Waals surface area contributed by atoms with E-state index in [4.69, 9.17) is 0 Å². The number of nitrogens with zero attached hydrogens (tertiary/aromatic N) is 4. The van der Waals surface area contributed by atoms with Gasteiger partial charge in [-0.15, -0.1) is 0 Å². The number of nitro groups is 1. The van der Waals surface area contributed by atoms with Crippen molar-refractivity contribution in [2.24, 2.45) is 5.92 Å². The van der Waals surface area contributed by atoms with Crippen molar-refractivity contribution in [3.8, 4) is 0 Å². The number of likely N-dealkylation sites (tertiary alicyclic amines) is 1. The van der Waals surface area contributed by atoms with Crippen LogP contribution in [0, 0.1) is 16.0 Å². The summed E-state index contributed by atoms with van der Waals surface area (Å²) in [4.78, 5) is 16.7. The van der Waals surface area contributed by atoms with E-state index in [0.29, 0.717) is 25.0 Å². The molecule has 1 saturated carbocycles. The molecule has 7 nitrogen and oxygen atoms in total. The van der Waals surface area contributed by atoms with Crippen molar-refractivity contribution in [3.05, 3.63) is 22.5 Å². The number of aliphatic hydroxyl groups excluding tert-OH is 1. The van der Waals surface area contributed by atoms with E-state index in [0.717, 1.165) is 12.8 Å². The molecule has 2 fully saturated rings. The lowest BCUT2D eigenvalue weighted by atomic mass is 9.80. The van der Waals surface area contributed by atoms with E-state index in [1.807, 2.05) is 0 Å². The van der Waals surface area contributed by atoms with Crippen LogP contribution in [0.2, 0.25) is 0 Å². The largest absolute Gasteiger partial charge is 0.434 e. The fourth-order valence-electron chi connectivity index (χ4n) is 4.05. The van der Waals surface area contributed by atoms with Gasteiger partial charge in [0.1, 0.15) is 12.4 Å². The van der Waals surface area contributed by atoms with Gasteiger partial charge in [0.05, 0.1) is 18.7 Å². The summed E-state index contributed by atoms with van der Waals surface area (Å²) in [6, 6.07) is 0.445. The zero-order valence-electron chi connectivity index (χ0n) is 11.6. The molecule has 1 aliphatic carbocycles. The number of aliphatic hydroxyl groups is 1. The van der Waals surface area contributed by atoms with Crippen molar-refractivity contribution < 1.29 is 10.0 Å². The number of β-amino-alcohol motifs (C(OH)–C–C–N with tert-alkyl or cyclic N) is 1. The molecule has 2 heterocycles. The lowest BCUT2D eigenvalue weighted by Gasteiger charge is -2.27. The highest BCUT2D eigenvalue weighted by atomic mass is 16.6. The minimum Gasteiger partial charge on any atom is -0.395 e. The Bertz CT molecular complexity index is 517. The number of rotatable bonds is 5. The van der Waals surface area contributed by atoms with Crippen molar-refractivity contribution in [1.29, 1.82) is 0 Å². The molecular formula is C13H20N4O3. The van der Waals surface area contributed by atoms with Crippen LogP contribution in [0.15, 0.2) is 12.4 Å². The second-order valence-corrected chi connectivity index (χ2v) is 5.87. The molecule has 1 aromatic heterocycles. The molecule has 2 aliphatic rings. The Morgan fingerprint density at radius 1 is 1.60 bits per heavy atom. The molecule has 110 valence electrons. The second-order valence-electron chi connectivity index (χ2n) is 5.87. The fraction of sp³-hybridized carbons (Fsp3) is 0.769. The minimum absolute atomic E-state index is 0.0353. The summed E-state index contributed by atoms with van der Waals surface area (Å²) in [5.41, 5.74) is -0.0353. The average Bonchev–Trinajstić information content (AvgIpc) is 2.82. The molecule has 4 unspecified atom stereocenters. The van der Waals surface area contributed by atoms with Crippen molar-refractivity contribution >= 4 is 5.95 Å². The van der Waals surface area contributed by atoms with Gasteiger partial charge in [-0.05, 0) is 23.7 Å². The molecule has 4 atom stereocenters. The van der Waals surface area contributed by atoms with Crippen molar-refractivity contribution in [2.45, 2.75) is 44.3 Å². The summed E-state index contributed by atoms with van der Waals surface area (Å²) in [6.07, 6.45) is 6.62. The summed E-state index contributed by atoms with van der Waals surface area (Å²) >= 11 is 0. The second kappa shape index (κ2) is 4.82. The molecule has 1 saturated heterocycles. The van der Waals surface area contributed by atoms with Crippen LogP contribution in [0.3, 0.4) is 0 Å². The molecule has 0 bridgehead atoms. The van der Waals surface area contributed by atoms with E-state index in [1.54, 1.807) is 10.8 Å². The normalized spacial score (nSPS) is 35.6. The van der Waals surface area contributed by atoms with E-state index in [-0.39, 0.29) is 18.1 Å². The first-order valence-corrected chi connectivity index (χ1v) is 7.14. The van der Waals surface area contributed by atoms with Crippen LogP contribution in [0.4, 0.5) is 5.95 Å². The lowest BCUT2D eigenvalue weighted by Crippen LogP contribution is -2.36. The van der Waals surface area contributed by atoms with Crippen LogP contribution >= 0.6 is 0 Å². The van der Waals surface area contributed by atoms with Crippen LogP contribution < -0.4 is 0 Å². The topological polar surface area (TPSA) is 84.2 Å². The zero-order valence-corrected chi connectivity index (χ0v) is 11.6. The smallest absolute Gasteiger partial charge is 0.395 e. The third-order valence-corrected chi connectivity index (χ3v) is 5.01. The summed E-state index contributed by atoms with van der Waals surface area (Å²) < 4.78 is 1.65. The zero-order chi connectivity index (χ0) is 14.3. The first kappa shape index (κ1) is 13.5. The molecule has 3 rings (SSSR count). The predicted octanol–water partition coefficient (Wildman–Crippen LogP) is 1.03. The maximum atomic E-state index is 11.0. The van der Waals surface area contributed by atoms with Gasteiger partial charge in [0.25, 0.3) is 0 Å². The van der Waals surface area contributed by atoms with Gasteiger partial charge in [-0.1, -0.05) is 18.3 Å². The summed E-state index contributed by atoms with van der Waals surface area (Å²) in [5, 5.41) is 20.2. The maximum Gasteiger partial charge on any atom is 0.434 e. The van der Waals surface area contributed by atoms with Crippen molar-refractivity contribution in [3.63, 3.8) is 0 Å². The minimum atomic E-state index is -0.433. The van der Waals surface area contributed by atoms with Crippen molar-refractivity contribution in [2.75, 3.05) is 13.2 Å². The number of hydrogen-bond acceptors (Lipinski definition) is 5. The maximum absolute atomic E-state index is 11.0. The molecule has 0 spiro atoms. The summed E-state index contributed by atoms with van der Waals surface area (Å²) in [6.45, 7) is 3.59. The monoisotopic (exact) mass is 280 g/mol. The number of imidazole rings is 1. The Hall–Kier alpha value is -1.47. The fourth-order valence-corrected chi connectivity index (χ4v) is 4.05. The Balaban J connectivity index is 1.87. The van der Waals surface area contributed by atoms with Crippen molar-refractivity contribution in [1.82, 2.24) is 14.5 Å². The third-order valence-electron chi connectivity index (χ3n) is 5.01. The molecule has 1 aliphatic heterocycles. The van der Waals surface area contributed by atoms with E-state index in [2.05, 4.69) is 16.8 Å². The first-order chi connectivity index (χ1) is 9.61. The molecule has 20 heavy (non-hydrogen) atoms. The van der Waals surface area contributed by atoms with Gasteiger partial charge in [-0.25, -0.2) is 4.57 Å². The van der Waals surface area contributed by atoms with E-state index < -0.39 is 4.92 Å². The highest BCUT2D eigenvalue weighted by Crippen LogP contribution is 2.55. The van der Waals surface area contributed by atoms with Crippen LogP contribution in [-0.2, 0) is 6.54 Å². The molecule has 0 amide bonds. The highest BCUT2D eigenvalue weighted by Gasteiger charge is 2.66. The molecular weight excluding hydrogens is 260 g/mol. The quantitative estimate of drug-likeness (QED) is 0.494. The van der Waals surface area contributed by atoms with Gasteiger partial charge in [-0.3, -0.25) is 4.90 Å². The Kier molecular flexibility index (Phi) is 3.25. The van der Waals surface area contributed by atoms with Gasteiger partial charge < -0.3 is 15.2 Å². The molecule has 7 heteroatoms. The molecule has 1 aromatic rings. The van der Waals surface area contributed by atoms with Crippen LogP contribution in [0.25, 0.3) is 0 Å². The number of aromatic nitrogens is 2. The summed E-state index contributed by atoms with van der Waals surface area (Å²) in [5.74, 6) is 0.390.